The van der Waals surface area contributed by atoms with Gasteiger partial charge >= 0.3 is 0 Å². The number of carbonyl (C=O) groups excluding carboxylic acids is 1. The molecule has 0 bridgehead atoms. The molecule has 0 saturated heterocycles. The number of methoxy groups -OCH3 is 2. The minimum Gasteiger partial charge on any atom is -0.498 e. The molecule has 0 aromatic heterocycles. The lowest BCUT2D eigenvalue weighted by Crippen LogP contribution is -2.45. The van der Waals surface area contributed by atoms with Gasteiger partial charge in [-0.05, 0) is 18.6 Å². The molecular formula is C18H24O4. The summed E-state index contributed by atoms with van der Waals surface area (Å²) in [6.45, 7) is 5.93. The van der Waals surface area contributed by atoms with E-state index in [-0.39, 0.29) is 6.42 Å². The predicted molar refractivity (Wildman–Crippen MR) is 86.4 cm³/mol. The molecule has 0 heterocycles. The first-order valence-corrected chi connectivity index (χ1v) is 7.13. The molecule has 4 heteroatoms. The van der Waals surface area contributed by atoms with E-state index in [1.54, 1.807) is 26.4 Å². The predicted octanol–water partition coefficient (Wildman–Crippen LogP) is 3.28. The Hall–Kier alpha value is -1.91. The summed E-state index contributed by atoms with van der Waals surface area (Å²) in [5.41, 5.74) is 0.137. The van der Waals surface area contributed by atoms with Crippen molar-refractivity contribution in [1.29, 1.82) is 0 Å². The lowest BCUT2D eigenvalue weighted by Gasteiger charge is -2.37. The van der Waals surface area contributed by atoms with Crippen LogP contribution in [-0.4, -0.2) is 32.2 Å². The number of ether oxygens (including phenoxy) is 3. The van der Waals surface area contributed by atoms with Crippen LogP contribution in [0.25, 0.3) is 0 Å². The summed E-state index contributed by atoms with van der Waals surface area (Å²) >= 11 is 0. The molecule has 0 aliphatic heterocycles. The van der Waals surface area contributed by atoms with E-state index in [0.717, 1.165) is 11.8 Å². The van der Waals surface area contributed by atoms with Gasteiger partial charge in [-0.25, -0.2) is 0 Å². The fraction of sp³-hybridized carbons (Fsp3) is 0.389. The Kier molecular flexibility index (Phi) is 7.57. The van der Waals surface area contributed by atoms with Crippen LogP contribution in [0.15, 0.2) is 54.8 Å². The standard InChI is InChI=1S/C18H24O4/c1-5-9-16(20-3)18(2,17(21-4)12-13-19)22-14-15-10-7-6-8-11-15/h5-11,13,17H,1,12,14H2,2-4H3/b16-9+. The molecule has 2 atom stereocenters. The van der Waals surface area contributed by atoms with Gasteiger partial charge in [0.15, 0.2) is 0 Å². The highest BCUT2D eigenvalue weighted by Crippen LogP contribution is 2.31. The highest BCUT2D eigenvalue weighted by Gasteiger charge is 2.40. The molecule has 0 amide bonds. The first kappa shape index (κ1) is 18.1. The third-order valence-electron chi connectivity index (χ3n) is 3.57. The molecule has 0 aliphatic rings. The number of hydrogen-bond donors (Lipinski definition) is 0. The minimum atomic E-state index is -0.894. The average Bonchev–Trinajstić information content (AvgIpc) is 2.56. The molecule has 2 unspecified atom stereocenters. The zero-order chi connectivity index (χ0) is 16.4. The van der Waals surface area contributed by atoms with Crippen LogP contribution in [-0.2, 0) is 25.6 Å². The van der Waals surface area contributed by atoms with E-state index in [1.807, 2.05) is 37.3 Å². The average molecular weight is 304 g/mol. The lowest BCUT2D eigenvalue weighted by molar-refractivity contribution is -0.139. The smallest absolute Gasteiger partial charge is 0.149 e. The van der Waals surface area contributed by atoms with Crippen molar-refractivity contribution in [3.8, 4) is 0 Å². The van der Waals surface area contributed by atoms with Crippen LogP contribution in [0, 0.1) is 0 Å². The van der Waals surface area contributed by atoms with Crippen LogP contribution in [0.5, 0.6) is 0 Å². The van der Waals surface area contributed by atoms with Crippen molar-refractivity contribution in [3.63, 3.8) is 0 Å². The molecule has 1 aromatic carbocycles. The van der Waals surface area contributed by atoms with E-state index in [4.69, 9.17) is 14.2 Å². The summed E-state index contributed by atoms with van der Waals surface area (Å²) in [4.78, 5) is 10.9. The van der Waals surface area contributed by atoms with Crippen LogP contribution in [0.4, 0.5) is 0 Å². The van der Waals surface area contributed by atoms with Gasteiger partial charge < -0.3 is 19.0 Å². The summed E-state index contributed by atoms with van der Waals surface area (Å²) < 4.78 is 17.0. The van der Waals surface area contributed by atoms with E-state index in [0.29, 0.717) is 12.4 Å². The normalized spacial score (nSPS) is 15.7. The van der Waals surface area contributed by atoms with Gasteiger partial charge in [-0.15, -0.1) is 0 Å². The van der Waals surface area contributed by atoms with Crippen LogP contribution in [0.3, 0.4) is 0 Å². The van der Waals surface area contributed by atoms with Gasteiger partial charge in [-0.3, -0.25) is 0 Å². The Bertz CT molecular complexity index is 495. The summed E-state index contributed by atoms with van der Waals surface area (Å²) in [7, 11) is 3.12. The van der Waals surface area contributed by atoms with Crippen molar-refractivity contribution < 1.29 is 19.0 Å². The molecule has 120 valence electrons. The Labute approximate surface area is 132 Å². The fourth-order valence-electron chi connectivity index (χ4n) is 2.31. The number of allylic oxidation sites excluding steroid dienone is 2. The van der Waals surface area contributed by atoms with Gasteiger partial charge in [-0.1, -0.05) is 43.0 Å². The first-order chi connectivity index (χ1) is 10.6. The molecule has 1 rings (SSSR count). The molecule has 0 spiro atoms. The van der Waals surface area contributed by atoms with Crippen LogP contribution in [0.1, 0.15) is 18.9 Å². The van der Waals surface area contributed by atoms with Gasteiger partial charge in [0.2, 0.25) is 0 Å². The molecule has 22 heavy (non-hydrogen) atoms. The second-order valence-corrected chi connectivity index (χ2v) is 4.98. The van der Waals surface area contributed by atoms with Crippen LogP contribution in [0.2, 0.25) is 0 Å². The molecule has 4 nitrogen and oxygen atoms in total. The highest BCUT2D eigenvalue weighted by molar-refractivity contribution is 5.51. The van der Waals surface area contributed by atoms with Crippen molar-refractivity contribution in [2.75, 3.05) is 14.2 Å². The van der Waals surface area contributed by atoms with Crippen molar-refractivity contribution in [1.82, 2.24) is 0 Å². The van der Waals surface area contributed by atoms with Gasteiger partial charge in [0, 0.05) is 13.5 Å². The maximum absolute atomic E-state index is 10.9. The third-order valence-corrected chi connectivity index (χ3v) is 3.57. The Morgan fingerprint density at radius 1 is 1.32 bits per heavy atom. The SMILES string of the molecule is C=C/C=C(/OC)C(C)(OCc1ccccc1)C(CC=O)OC. The second-order valence-electron chi connectivity index (χ2n) is 4.98. The fourth-order valence-corrected chi connectivity index (χ4v) is 2.31. The van der Waals surface area contributed by atoms with Crippen molar-refractivity contribution in [2.24, 2.45) is 0 Å². The number of carbonyl (C=O) groups is 1. The monoisotopic (exact) mass is 304 g/mol. The first-order valence-electron chi connectivity index (χ1n) is 7.13. The van der Waals surface area contributed by atoms with E-state index in [2.05, 4.69) is 6.58 Å². The second kappa shape index (κ2) is 9.18. The number of rotatable bonds is 10. The maximum atomic E-state index is 10.9. The summed E-state index contributed by atoms with van der Waals surface area (Å²) in [6.07, 6.45) is 3.91. The zero-order valence-corrected chi connectivity index (χ0v) is 13.5. The Balaban J connectivity index is 3.06. The molecule has 0 fully saturated rings. The zero-order valence-electron chi connectivity index (χ0n) is 13.5. The van der Waals surface area contributed by atoms with Crippen molar-refractivity contribution >= 4 is 6.29 Å². The topological polar surface area (TPSA) is 44.8 Å². The molecule has 0 radical (unpaired) electrons. The number of benzene rings is 1. The third kappa shape index (κ3) is 4.55. The van der Waals surface area contributed by atoms with Gasteiger partial charge in [0.25, 0.3) is 0 Å². The number of hydrogen-bond acceptors (Lipinski definition) is 4. The maximum Gasteiger partial charge on any atom is 0.149 e. The molecule has 0 saturated carbocycles. The largest absolute Gasteiger partial charge is 0.498 e. The van der Waals surface area contributed by atoms with Gasteiger partial charge in [0.1, 0.15) is 17.6 Å². The highest BCUT2D eigenvalue weighted by atomic mass is 16.6. The van der Waals surface area contributed by atoms with Gasteiger partial charge in [0.05, 0.1) is 19.8 Å². The minimum absolute atomic E-state index is 0.208. The number of aldehydes is 1. The lowest BCUT2D eigenvalue weighted by atomic mass is 9.93. The van der Waals surface area contributed by atoms with E-state index >= 15 is 0 Å². The molecule has 1 aromatic rings. The van der Waals surface area contributed by atoms with Crippen molar-refractivity contribution in [2.45, 2.75) is 31.7 Å². The van der Waals surface area contributed by atoms with Crippen molar-refractivity contribution in [3.05, 3.63) is 60.4 Å². The summed E-state index contributed by atoms with van der Waals surface area (Å²) in [5.74, 6) is 0.562. The van der Waals surface area contributed by atoms with Crippen LogP contribution < -0.4 is 0 Å². The quantitative estimate of drug-likeness (QED) is 0.378. The summed E-state index contributed by atoms with van der Waals surface area (Å²) in [5, 5.41) is 0. The van der Waals surface area contributed by atoms with E-state index < -0.39 is 11.7 Å². The van der Waals surface area contributed by atoms with E-state index in [9.17, 15) is 4.79 Å². The van der Waals surface area contributed by atoms with E-state index in [1.165, 1.54) is 0 Å². The molecule has 0 aliphatic carbocycles. The van der Waals surface area contributed by atoms with Crippen LogP contribution >= 0.6 is 0 Å². The summed E-state index contributed by atoms with van der Waals surface area (Å²) in [6, 6.07) is 9.81. The Morgan fingerprint density at radius 2 is 2.00 bits per heavy atom. The van der Waals surface area contributed by atoms with Gasteiger partial charge in [-0.2, -0.15) is 0 Å². The molecular weight excluding hydrogens is 280 g/mol. The molecule has 0 N–H and O–H groups in total. The Morgan fingerprint density at radius 3 is 2.50 bits per heavy atom.